The molecule has 100 valence electrons. The lowest BCUT2D eigenvalue weighted by molar-refractivity contribution is 0.0936. The number of aliphatic hydroxyl groups is 1. The summed E-state index contributed by atoms with van der Waals surface area (Å²) >= 11 is 11.7. The van der Waals surface area contributed by atoms with E-state index in [1.54, 1.807) is 25.1 Å². The van der Waals surface area contributed by atoms with Crippen LogP contribution in [0.3, 0.4) is 0 Å². The van der Waals surface area contributed by atoms with E-state index in [9.17, 15) is 4.79 Å². The fourth-order valence-corrected chi connectivity index (χ4v) is 1.93. The highest BCUT2D eigenvalue weighted by molar-refractivity contribution is 6.42. The van der Waals surface area contributed by atoms with Gasteiger partial charge in [0.2, 0.25) is 0 Å². The van der Waals surface area contributed by atoms with Gasteiger partial charge in [0, 0.05) is 11.6 Å². The molecule has 1 aromatic carbocycles. The molecule has 0 heterocycles. The second-order valence-corrected chi connectivity index (χ2v) is 4.98. The third kappa shape index (κ3) is 3.95. The number of carbonyl (C=O) groups is 1. The quantitative estimate of drug-likeness (QED) is 0.792. The molecule has 2 atom stereocenters. The second kappa shape index (κ2) is 7.10. The number of rotatable bonds is 6. The van der Waals surface area contributed by atoms with Crippen LogP contribution in [0.4, 0.5) is 0 Å². The molecule has 0 spiro atoms. The SMILES string of the molecule is CCC(CO)NC(C)C(=O)c1ccc(Cl)c(Cl)c1. The Labute approximate surface area is 117 Å². The van der Waals surface area contributed by atoms with E-state index in [-0.39, 0.29) is 24.5 Å². The van der Waals surface area contributed by atoms with Crippen LogP contribution in [0.5, 0.6) is 0 Å². The molecule has 0 aliphatic carbocycles. The first-order valence-corrected chi connectivity index (χ1v) is 6.61. The van der Waals surface area contributed by atoms with Crippen LogP contribution in [0.1, 0.15) is 30.6 Å². The van der Waals surface area contributed by atoms with Gasteiger partial charge in [-0.15, -0.1) is 0 Å². The Morgan fingerprint density at radius 1 is 1.39 bits per heavy atom. The Morgan fingerprint density at radius 3 is 2.56 bits per heavy atom. The largest absolute Gasteiger partial charge is 0.395 e. The Balaban J connectivity index is 2.76. The number of ketones is 1. The smallest absolute Gasteiger partial charge is 0.179 e. The molecule has 0 saturated carbocycles. The standard InChI is InChI=1S/C13H17Cl2NO2/c1-3-10(7-17)16-8(2)13(18)9-4-5-11(14)12(15)6-9/h4-6,8,10,16-17H,3,7H2,1-2H3. The molecule has 0 aliphatic heterocycles. The number of aliphatic hydroxyl groups excluding tert-OH is 1. The Kier molecular flexibility index (Phi) is 6.09. The van der Waals surface area contributed by atoms with Crippen molar-refractivity contribution in [1.82, 2.24) is 5.32 Å². The van der Waals surface area contributed by atoms with Crippen molar-refractivity contribution in [2.45, 2.75) is 32.4 Å². The van der Waals surface area contributed by atoms with Crippen LogP contribution >= 0.6 is 23.2 Å². The van der Waals surface area contributed by atoms with Crippen molar-refractivity contribution >= 4 is 29.0 Å². The summed E-state index contributed by atoms with van der Waals surface area (Å²) in [7, 11) is 0. The molecule has 2 N–H and O–H groups in total. The maximum absolute atomic E-state index is 12.1. The van der Waals surface area contributed by atoms with Crippen molar-refractivity contribution < 1.29 is 9.90 Å². The monoisotopic (exact) mass is 289 g/mol. The summed E-state index contributed by atoms with van der Waals surface area (Å²) in [4.78, 5) is 12.1. The van der Waals surface area contributed by atoms with E-state index in [2.05, 4.69) is 5.32 Å². The predicted octanol–water partition coefficient (Wildman–Crippen LogP) is 2.93. The van der Waals surface area contributed by atoms with Crippen LogP contribution in [-0.2, 0) is 0 Å². The molecule has 2 unspecified atom stereocenters. The van der Waals surface area contributed by atoms with Gasteiger partial charge in [-0.05, 0) is 31.5 Å². The molecule has 0 amide bonds. The van der Waals surface area contributed by atoms with Crippen molar-refractivity contribution in [2.75, 3.05) is 6.61 Å². The van der Waals surface area contributed by atoms with E-state index < -0.39 is 0 Å². The zero-order chi connectivity index (χ0) is 13.7. The van der Waals surface area contributed by atoms with Gasteiger partial charge in [0.15, 0.2) is 5.78 Å². The maximum Gasteiger partial charge on any atom is 0.179 e. The minimum Gasteiger partial charge on any atom is -0.395 e. The van der Waals surface area contributed by atoms with E-state index in [1.807, 2.05) is 6.92 Å². The minimum atomic E-state index is -0.376. The van der Waals surface area contributed by atoms with E-state index >= 15 is 0 Å². The van der Waals surface area contributed by atoms with Crippen molar-refractivity contribution in [1.29, 1.82) is 0 Å². The molecular formula is C13H17Cl2NO2. The number of hydrogen-bond acceptors (Lipinski definition) is 3. The number of carbonyl (C=O) groups excluding carboxylic acids is 1. The summed E-state index contributed by atoms with van der Waals surface area (Å²) < 4.78 is 0. The zero-order valence-corrected chi connectivity index (χ0v) is 11.9. The molecule has 1 rings (SSSR count). The van der Waals surface area contributed by atoms with E-state index in [0.717, 1.165) is 6.42 Å². The van der Waals surface area contributed by atoms with E-state index in [1.165, 1.54) is 0 Å². The van der Waals surface area contributed by atoms with Gasteiger partial charge < -0.3 is 10.4 Å². The Bertz CT molecular complexity index is 419. The summed E-state index contributed by atoms with van der Waals surface area (Å²) in [5.74, 6) is -0.0690. The fourth-order valence-electron chi connectivity index (χ4n) is 1.63. The van der Waals surface area contributed by atoms with Crippen molar-refractivity contribution in [3.05, 3.63) is 33.8 Å². The van der Waals surface area contributed by atoms with Crippen molar-refractivity contribution in [2.24, 2.45) is 0 Å². The summed E-state index contributed by atoms with van der Waals surface area (Å²) in [6.45, 7) is 3.73. The van der Waals surface area contributed by atoms with Gasteiger partial charge in [0.1, 0.15) is 0 Å². The lowest BCUT2D eigenvalue weighted by atomic mass is 10.0. The Morgan fingerprint density at radius 2 is 2.06 bits per heavy atom. The highest BCUT2D eigenvalue weighted by Crippen LogP contribution is 2.23. The van der Waals surface area contributed by atoms with Crippen molar-refractivity contribution in [3.63, 3.8) is 0 Å². The van der Waals surface area contributed by atoms with Crippen LogP contribution in [0.25, 0.3) is 0 Å². The number of hydrogen-bond donors (Lipinski definition) is 2. The van der Waals surface area contributed by atoms with Gasteiger partial charge in [0.25, 0.3) is 0 Å². The molecular weight excluding hydrogens is 273 g/mol. The molecule has 18 heavy (non-hydrogen) atoms. The summed E-state index contributed by atoms with van der Waals surface area (Å²) in [5, 5.41) is 13.0. The predicted molar refractivity (Wildman–Crippen MR) is 74.6 cm³/mol. The minimum absolute atomic E-state index is 0.00942. The number of halogens is 2. The second-order valence-electron chi connectivity index (χ2n) is 4.17. The average Bonchev–Trinajstić information content (AvgIpc) is 2.38. The molecule has 0 saturated heterocycles. The zero-order valence-electron chi connectivity index (χ0n) is 10.4. The first-order valence-electron chi connectivity index (χ1n) is 5.85. The molecule has 0 radical (unpaired) electrons. The van der Waals surface area contributed by atoms with Gasteiger partial charge >= 0.3 is 0 Å². The van der Waals surface area contributed by atoms with Crippen molar-refractivity contribution in [3.8, 4) is 0 Å². The van der Waals surface area contributed by atoms with Gasteiger partial charge in [-0.2, -0.15) is 0 Å². The molecule has 0 bridgehead atoms. The molecule has 0 aliphatic rings. The third-order valence-corrected chi connectivity index (χ3v) is 3.54. The van der Waals surface area contributed by atoms with E-state index in [0.29, 0.717) is 15.6 Å². The van der Waals surface area contributed by atoms with Crippen LogP contribution in [0.15, 0.2) is 18.2 Å². The van der Waals surface area contributed by atoms with Crippen LogP contribution in [0, 0.1) is 0 Å². The average molecular weight is 290 g/mol. The summed E-state index contributed by atoms with van der Waals surface area (Å²) in [6, 6.07) is 4.36. The lowest BCUT2D eigenvalue weighted by Crippen LogP contribution is -2.43. The normalized spacial score (nSPS) is 14.3. The highest BCUT2D eigenvalue weighted by Gasteiger charge is 2.18. The van der Waals surface area contributed by atoms with Gasteiger partial charge in [0.05, 0.1) is 22.7 Å². The maximum atomic E-state index is 12.1. The summed E-state index contributed by atoms with van der Waals surface area (Å²) in [6.07, 6.45) is 0.759. The first-order chi connectivity index (χ1) is 8.49. The van der Waals surface area contributed by atoms with Crippen LogP contribution in [-0.4, -0.2) is 29.6 Å². The van der Waals surface area contributed by atoms with Gasteiger partial charge in [-0.1, -0.05) is 30.1 Å². The fraction of sp³-hybridized carbons (Fsp3) is 0.462. The van der Waals surface area contributed by atoms with E-state index in [4.69, 9.17) is 28.3 Å². The number of benzene rings is 1. The van der Waals surface area contributed by atoms with Crippen LogP contribution in [0.2, 0.25) is 10.0 Å². The molecule has 0 fully saturated rings. The Hall–Kier alpha value is -0.610. The first kappa shape index (κ1) is 15.4. The highest BCUT2D eigenvalue weighted by atomic mass is 35.5. The van der Waals surface area contributed by atoms with Gasteiger partial charge in [-0.3, -0.25) is 4.79 Å². The van der Waals surface area contributed by atoms with Crippen LogP contribution < -0.4 is 5.32 Å². The molecule has 1 aromatic rings. The topological polar surface area (TPSA) is 49.3 Å². The molecule has 0 aromatic heterocycles. The number of nitrogens with one attached hydrogen (secondary N) is 1. The van der Waals surface area contributed by atoms with Gasteiger partial charge in [-0.25, -0.2) is 0 Å². The molecule has 3 nitrogen and oxygen atoms in total. The summed E-state index contributed by atoms with van der Waals surface area (Å²) in [5.41, 5.74) is 0.511. The lowest BCUT2D eigenvalue weighted by Gasteiger charge is -2.19. The molecule has 5 heteroatoms. The third-order valence-electron chi connectivity index (χ3n) is 2.80. The number of Topliss-reactive ketones (excluding diaryl/α,β-unsaturated/α-hetero) is 1.